The molecule has 1 aliphatic rings. The summed E-state index contributed by atoms with van der Waals surface area (Å²) in [5.74, 6) is -0.158. The molecule has 0 saturated carbocycles. The summed E-state index contributed by atoms with van der Waals surface area (Å²) in [6.45, 7) is 3.06. The van der Waals surface area contributed by atoms with E-state index in [1.165, 1.54) is 25.3 Å². The average Bonchev–Trinajstić information content (AvgIpc) is 2.82. The van der Waals surface area contributed by atoms with Gasteiger partial charge in [-0.25, -0.2) is 4.39 Å². The summed E-state index contributed by atoms with van der Waals surface area (Å²) in [5, 5.41) is 3.45. The SMILES string of the molecule is CC(NCCC1=CCCC1)c1cccc(F)c1. The van der Waals surface area contributed by atoms with E-state index >= 15 is 0 Å². The highest BCUT2D eigenvalue weighted by Gasteiger charge is 2.07. The fraction of sp³-hybridized carbons (Fsp3) is 0.467. The summed E-state index contributed by atoms with van der Waals surface area (Å²) in [6.07, 6.45) is 7.30. The van der Waals surface area contributed by atoms with Gasteiger partial charge in [0, 0.05) is 6.04 Å². The zero-order valence-corrected chi connectivity index (χ0v) is 10.4. The average molecular weight is 233 g/mol. The Labute approximate surface area is 103 Å². The van der Waals surface area contributed by atoms with Crippen LogP contribution in [-0.4, -0.2) is 6.54 Å². The monoisotopic (exact) mass is 233 g/mol. The highest BCUT2D eigenvalue weighted by molar-refractivity contribution is 5.19. The summed E-state index contributed by atoms with van der Waals surface area (Å²) >= 11 is 0. The maximum Gasteiger partial charge on any atom is 0.123 e. The van der Waals surface area contributed by atoms with Crippen LogP contribution in [0.15, 0.2) is 35.9 Å². The molecule has 0 amide bonds. The second kappa shape index (κ2) is 5.97. The fourth-order valence-electron chi connectivity index (χ4n) is 2.31. The van der Waals surface area contributed by atoms with E-state index in [0.717, 1.165) is 18.5 Å². The molecule has 17 heavy (non-hydrogen) atoms. The number of halogens is 1. The van der Waals surface area contributed by atoms with Gasteiger partial charge in [0.05, 0.1) is 0 Å². The van der Waals surface area contributed by atoms with Gasteiger partial charge in [-0.2, -0.15) is 0 Å². The molecule has 92 valence electrons. The van der Waals surface area contributed by atoms with E-state index in [1.54, 1.807) is 17.7 Å². The number of benzene rings is 1. The maximum absolute atomic E-state index is 13.1. The smallest absolute Gasteiger partial charge is 0.123 e. The molecule has 0 spiro atoms. The van der Waals surface area contributed by atoms with E-state index < -0.39 is 0 Å². The molecular weight excluding hydrogens is 213 g/mol. The minimum Gasteiger partial charge on any atom is -0.310 e. The molecule has 1 aromatic rings. The molecular formula is C15H20FN. The van der Waals surface area contributed by atoms with Gasteiger partial charge in [0.15, 0.2) is 0 Å². The zero-order chi connectivity index (χ0) is 12.1. The van der Waals surface area contributed by atoms with Crippen molar-refractivity contribution in [1.82, 2.24) is 5.32 Å². The highest BCUT2D eigenvalue weighted by Crippen LogP contribution is 2.20. The molecule has 1 N–H and O–H groups in total. The first-order valence-electron chi connectivity index (χ1n) is 6.42. The Morgan fingerprint density at radius 3 is 3.00 bits per heavy atom. The van der Waals surface area contributed by atoms with Gasteiger partial charge >= 0.3 is 0 Å². The highest BCUT2D eigenvalue weighted by atomic mass is 19.1. The van der Waals surface area contributed by atoms with Crippen molar-refractivity contribution in [1.29, 1.82) is 0 Å². The van der Waals surface area contributed by atoms with E-state index in [-0.39, 0.29) is 11.9 Å². The van der Waals surface area contributed by atoms with Crippen LogP contribution in [0.1, 0.15) is 44.2 Å². The number of nitrogens with one attached hydrogen (secondary N) is 1. The van der Waals surface area contributed by atoms with Crippen LogP contribution in [0.5, 0.6) is 0 Å². The van der Waals surface area contributed by atoms with E-state index in [9.17, 15) is 4.39 Å². The summed E-state index contributed by atoms with van der Waals surface area (Å²) in [6, 6.07) is 7.04. The second-order valence-corrected chi connectivity index (χ2v) is 4.74. The summed E-state index contributed by atoms with van der Waals surface area (Å²) in [7, 11) is 0. The van der Waals surface area contributed by atoms with Gasteiger partial charge in [-0.3, -0.25) is 0 Å². The molecule has 2 heteroatoms. The number of hydrogen-bond donors (Lipinski definition) is 1. The second-order valence-electron chi connectivity index (χ2n) is 4.74. The quantitative estimate of drug-likeness (QED) is 0.759. The van der Waals surface area contributed by atoms with Crippen LogP contribution in [0.25, 0.3) is 0 Å². The van der Waals surface area contributed by atoms with Gasteiger partial charge in [0.25, 0.3) is 0 Å². The van der Waals surface area contributed by atoms with Crippen LogP contribution >= 0.6 is 0 Å². The Kier molecular flexibility index (Phi) is 4.32. The number of allylic oxidation sites excluding steroid dienone is 1. The first-order chi connectivity index (χ1) is 8.25. The zero-order valence-electron chi connectivity index (χ0n) is 10.4. The first kappa shape index (κ1) is 12.3. The molecule has 0 fully saturated rings. The summed E-state index contributed by atoms with van der Waals surface area (Å²) in [4.78, 5) is 0. The molecule has 0 aliphatic heterocycles. The minimum absolute atomic E-state index is 0.158. The molecule has 1 aromatic carbocycles. The minimum atomic E-state index is -0.158. The Morgan fingerprint density at radius 2 is 2.29 bits per heavy atom. The molecule has 1 nitrogen and oxygen atoms in total. The predicted octanol–water partition coefficient (Wildman–Crippen LogP) is 3.98. The largest absolute Gasteiger partial charge is 0.310 e. The molecule has 0 saturated heterocycles. The van der Waals surface area contributed by atoms with Crippen LogP contribution in [0.2, 0.25) is 0 Å². The molecule has 0 radical (unpaired) electrons. The topological polar surface area (TPSA) is 12.0 Å². The lowest BCUT2D eigenvalue weighted by Gasteiger charge is -2.14. The molecule has 0 bridgehead atoms. The van der Waals surface area contributed by atoms with Crippen molar-refractivity contribution in [2.24, 2.45) is 0 Å². The van der Waals surface area contributed by atoms with Gasteiger partial charge in [0.1, 0.15) is 5.82 Å². The van der Waals surface area contributed by atoms with Crippen molar-refractivity contribution >= 4 is 0 Å². The summed E-state index contributed by atoms with van der Waals surface area (Å²) in [5.41, 5.74) is 2.59. The summed E-state index contributed by atoms with van der Waals surface area (Å²) < 4.78 is 13.1. The van der Waals surface area contributed by atoms with Crippen LogP contribution in [-0.2, 0) is 0 Å². The van der Waals surface area contributed by atoms with Gasteiger partial charge < -0.3 is 5.32 Å². The lowest BCUT2D eigenvalue weighted by atomic mass is 10.1. The van der Waals surface area contributed by atoms with Gasteiger partial charge in [-0.05, 0) is 56.8 Å². The number of hydrogen-bond acceptors (Lipinski definition) is 1. The van der Waals surface area contributed by atoms with Crippen molar-refractivity contribution in [3.8, 4) is 0 Å². The van der Waals surface area contributed by atoms with Crippen molar-refractivity contribution in [3.63, 3.8) is 0 Å². The molecule has 1 aliphatic carbocycles. The van der Waals surface area contributed by atoms with Crippen LogP contribution in [0.3, 0.4) is 0 Å². The maximum atomic E-state index is 13.1. The van der Waals surface area contributed by atoms with E-state index in [4.69, 9.17) is 0 Å². The van der Waals surface area contributed by atoms with Crippen molar-refractivity contribution in [2.45, 2.75) is 38.6 Å². The van der Waals surface area contributed by atoms with Crippen molar-refractivity contribution < 1.29 is 4.39 Å². The van der Waals surface area contributed by atoms with Gasteiger partial charge in [-0.1, -0.05) is 23.8 Å². The van der Waals surface area contributed by atoms with E-state index in [1.807, 2.05) is 6.07 Å². The van der Waals surface area contributed by atoms with Gasteiger partial charge in [0.2, 0.25) is 0 Å². The van der Waals surface area contributed by atoms with Crippen molar-refractivity contribution in [2.75, 3.05) is 6.54 Å². The fourth-order valence-corrected chi connectivity index (χ4v) is 2.31. The number of rotatable bonds is 5. The standard InChI is InChI=1S/C15H20FN/c1-12(14-7-4-8-15(16)11-14)17-10-9-13-5-2-3-6-13/h4-5,7-8,11-12,17H,2-3,6,9-10H2,1H3. The van der Waals surface area contributed by atoms with Crippen molar-refractivity contribution in [3.05, 3.63) is 47.3 Å². The molecule has 2 rings (SSSR count). The van der Waals surface area contributed by atoms with E-state index in [0.29, 0.717) is 0 Å². The van der Waals surface area contributed by atoms with Crippen LogP contribution in [0, 0.1) is 5.82 Å². The molecule has 0 aromatic heterocycles. The third-order valence-electron chi connectivity index (χ3n) is 3.38. The Bertz CT molecular complexity index is 398. The lowest BCUT2D eigenvalue weighted by Crippen LogP contribution is -2.20. The first-order valence-corrected chi connectivity index (χ1v) is 6.42. The third-order valence-corrected chi connectivity index (χ3v) is 3.38. The Balaban J connectivity index is 1.78. The van der Waals surface area contributed by atoms with Gasteiger partial charge in [-0.15, -0.1) is 0 Å². The normalized spacial score (nSPS) is 16.9. The van der Waals surface area contributed by atoms with E-state index in [2.05, 4.69) is 18.3 Å². The third kappa shape index (κ3) is 3.67. The predicted molar refractivity (Wildman–Crippen MR) is 69.4 cm³/mol. The molecule has 0 heterocycles. The Morgan fingerprint density at radius 1 is 1.41 bits per heavy atom. The molecule has 1 atom stereocenters. The van der Waals surface area contributed by atoms with Crippen LogP contribution < -0.4 is 5.32 Å². The lowest BCUT2D eigenvalue weighted by molar-refractivity contribution is 0.564. The Hall–Kier alpha value is -1.15. The van der Waals surface area contributed by atoms with Crippen LogP contribution in [0.4, 0.5) is 4.39 Å². The molecule has 1 unspecified atom stereocenters.